The van der Waals surface area contributed by atoms with E-state index in [0.29, 0.717) is 16.7 Å². The molecule has 98 valence electrons. The van der Waals surface area contributed by atoms with Crippen LogP contribution in [0.1, 0.15) is 28.3 Å². The number of benzene rings is 2. The molecule has 1 aliphatic rings. The number of halogens is 1. The van der Waals surface area contributed by atoms with Gasteiger partial charge in [-0.15, -0.1) is 0 Å². The van der Waals surface area contributed by atoms with Crippen molar-refractivity contribution in [3.8, 4) is 5.75 Å². The predicted molar refractivity (Wildman–Crippen MR) is 82.0 cm³/mol. The van der Waals surface area contributed by atoms with Crippen molar-refractivity contribution in [2.24, 2.45) is 5.92 Å². The van der Waals surface area contributed by atoms with Gasteiger partial charge in [-0.2, -0.15) is 0 Å². The Morgan fingerprint density at radius 1 is 1.05 bits per heavy atom. The van der Waals surface area contributed by atoms with Crippen LogP contribution in [0.25, 0.3) is 0 Å². The molecule has 0 amide bonds. The van der Waals surface area contributed by atoms with Gasteiger partial charge < -0.3 is 4.74 Å². The number of hydrogen-bond acceptors (Lipinski definition) is 1. The van der Waals surface area contributed by atoms with Crippen LogP contribution in [0.2, 0.25) is 0 Å². The van der Waals surface area contributed by atoms with Gasteiger partial charge in [0.15, 0.2) is 0 Å². The van der Waals surface area contributed by atoms with Gasteiger partial charge in [-0.3, -0.25) is 0 Å². The van der Waals surface area contributed by atoms with Crippen molar-refractivity contribution in [2.45, 2.75) is 17.2 Å². The van der Waals surface area contributed by atoms with E-state index in [1.807, 2.05) is 12.1 Å². The smallest absolute Gasteiger partial charge is 0.118 e. The van der Waals surface area contributed by atoms with E-state index in [1.165, 1.54) is 17.5 Å². The second-order valence-electron chi connectivity index (χ2n) is 5.09. The molecule has 0 spiro atoms. The lowest BCUT2D eigenvalue weighted by Gasteiger charge is -2.11. The average molecular weight is 317 g/mol. The second kappa shape index (κ2) is 5.38. The van der Waals surface area contributed by atoms with Crippen LogP contribution in [0.5, 0.6) is 5.75 Å². The van der Waals surface area contributed by atoms with Crippen LogP contribution in [0.15, 0.2) is 54.6 Å². The first-order valence-electron chi connectivity index (χ1n) is 6.62. The molecule has 3 rings (SSSR count). The first kappa shape index (κ1) is 12.7. The van der Waals surface area contributed by atoms with Crippen molar-refractivity contribution < 1.29 is 4.74 Å². The normalized spacial score (nSPS) is 22.8. The van der Waals surface area contributed by atoms with Crippen LogP contribution < -0.4 is 4.74 Å². The van der Waals surface area contributed by atoms with Crippen LogP contribution in [0, 0.1) is 5.92 Å². The Bertz CT molecular complexity index is 535. The molecule has 1 aliphatic carbocycles. The van der Waals surface area contributed by atoms with Gasteiger partial charge in [0.25, 0.3) is 0 Å². The highest BCUT2D eigenvalue weighted by Crippen LogP contribution is 2.57. The molecular formula is C17H17BrO. The molecule has 1 fully saturated rings. The van der Waals surface area contributed by atoms with Crippen molar-refractivity contribution >= 4 is 15.9 Å². The Kier molecular flexibility index (Phi) is 3.61. The van der Waals surface area contributed by atoms with E-state index >= 15 is 0 Å². The fourth-order valence-corrected chi connectivity index (χ4v) is 3.55. The molecule has 19 heavy (non-hydrogen) atoms. The van der Waals surface area contributed by atoms with Crippen molar-refractivity contribution in [2.75, 3.05) is 7.11 Å². The minimum Gasteiger partial charge on any atom is -0.497 e. The molecule has 2 aromatic rings. The van der Waals surface area contributed by atoms with E-state index in [4.69, 9.17) is 4.74 Å². The molecule has 3 atom stereocenters. The van der Waals surface area contributed by atoms with E-state index in [-0.39, 0.29) is 0 Å². The van der Waals surface area contributed by atoms with E-state index in [0.717, 1.165) is 5.75 Å². The molecule has 0 heterocycles. The molecule has 0 radical (unpaired) electrons. The van der Waals surface area contributed by atoms with E-state index in [2.05, 4.69) is 58.4 Å². The quantitative estimate of drug-likeness (QED) is 0.726. The summed E-state index contributed by atoms with van der Waals surface area (Å²) in [5, 5.41) is 0. The van der Waals surface area contributed by atoms with Gasteiger partial charge in [-0.25, -0.2) is 0 Å². The third kappa shape index (κ3) is 2.69. The minimum atomic E-state index is 0.434. The van der Waals surface area contributed by atoms with E-state index in [1.54, 1.807) is 7.11 Å². The van der Waals surface area contributed by atoms with Gasteiger partial charge in [0.05, 0.1) is 7.11 Å². The predicted octanol–water partition coefficient (Wildman–Crippen LogP) is 4.93. The fraction of sp³-hybridized carbons (Fsp3) is 0.294. The zero-order chi connectivity index (χ0) is 13.2. The summed E-state index contributed by atoms with van der Waals surface area (Å²) in [6.07, 6.45) is 1.27. The van der Waals surface area contributed by atoms with Crippen molar-refractivity contribution in [1.82, 2.24) is 0 Å². The Balaban J connectivity index is 1.70. The van der Waals surface area contributed by atoms with Crippen molar-refractivity contribution in [1.29, 1.82) is 0 Å². The Hall–Kier alpha value is -1.28. The average Bonchev–Trinajstić information content (AvgIpc) is 3.28. The van der Waals surface area contributed by atoms with Gasteiger partial charge in [0.1, 0.15) is 5.75 Å². The molecule has 0 N–H and O–H groups in total. The molecule has 1 saturated carbocycles. The summed E-state index contributed by atoms with van der Waals surface area (Å²) in [6.45, 7) is 0. The third-order valence-electron chi connectivity index (χ3n) is 3.88. The van der Waals surface area contributed by atoms with Crippen LogP contribution in [-0.2, 0) is 0 Å². The topological polar surface area (TPSA) is 9.23 Å². The molecule has 0 bridgehead atoms. The monoisotopic (exact) mass is 316 g/mol. The zero-order valence-corrected chi connectivity index (χ0v) is 12.5. The molecule has 3 unspecified atom stereocenters. The summed E-state index contributed by atoms with van der Waals surface area (Å²) in [4.78, 5) is 0.434. The van der Waals surface area contributed by atoms with Crippen molar-refractivity contribution in [3.05, 3.63) is 65.7 Å². The SMILES string of the molecule is COc1ccc(C(Br)C2CC2c2ccccc2)cc1. The van der Waals surface area contributed by atoms with Gasteiger partial charge >= 0.3 is 0 Å². The summed E-state index contributed by atoms with van der Waals surface area (Å²) in [7, 11) is 1.70. The van der Waals surface area contributed by atoms with E-state index < -0.39 is 0 Å². The van der Waals surface area contributed by atoms with Gasteiger partial charge in [0.2, 0.25) is 0 Å². The molecule has 2 aromatic carbocycles. The molecule has 0 aliphatic heterocycles. The Labute approximate surface area is 122 Å². The first-order chi connectivity index (χ1) is 9.29. The van der Waals surface area contributed by atoms with Gasteiger partial charge in [-0.1, -0.05) is 58.4 Å². The maximum absolute atomic E-state index is 5.20. The van der Waals surface area contributed by atoms with E-state index in [9.17, 15) is 0 Å². The standard InChI is InChI=1S/C17H17BrO/c1-19-14-9-7-13(8-10-14)17(18)16-11-15(16)12-5-3-2-4-6-12/h2-10,15-17H,11H2,1H3. The zero-order valence-electron chi connectivity index (χ0n) is 10.9. The van der Waals surface area contributed by atoms with Crippen LogP contribution in [0.4, 0.5) is 0 Å². The summed E-state index contributed by atoms with van der Waals surface area (Å²) in [6, 6.07) is 19.2. The highest BCUT2D eigenvalue weighted by atomic mass is 79.9. The summed E-state index contributed by atoms with van der Waals surface area (Å²) < 4.78 is 5.20. The number of hydrogen-bond donors (Lipinski definition) is 0. The van der Waals surface area contributed by atoms with Crippen LogP contribution in [0.3, 0.4) is 0 Å². The van der Waals surface area contributed by atoms with Crippen LogP contribution in [-0.4, -0.2) is 7.11 Å². The number of methoxy groups -OCH3 is 1. The molecular weight excluding hydrogens is 300 g/mol. The highest BCUT2D eigenvalue weighted by molar-refractivity contribution is 9.09. The van der Waals surface area contributed by atoms with Gasteiger partial charge in [0, 0.05) is 4.83 Å². The minimum absolute atomic E-state index is 0.434. The lowest BCUT2D eigenvalue weighted by atomic mass is 10.0. The van der Waals surface area contributed by atoms with Gasteiger partial charge in [-0.05, 0) is 41.5 Å². The lowest BCUT2D eigenvalue weighted by Crippen LogP contribution is -1.95. The first-order valence-corrected chi connectivity index (χ1v) is 7.54. The molecule has 0 aromatic heterocycles. The third-order valence-corrected chi connectivity index (χ3v) is 5.09. The Morgan fingerprint density at radius 3 is 2.37 bits per heavy atom. The number of rotatable bonds is 4. The summed E-state index contributed by atoms with van der Waals surface area (Å²) >= 11 is 3.86. The largest absolute Gasteiger partial charge is 0.497 e. The molecule has 0 saturated heterocycles. The summed E-state index contributed by atoms with van der Waals surface area (Å²) in [5.74, 6) is 2.32. The number of ether oxygens (including phenoxy) is 1. The molecule has 1 nitrogen and oxygen atoms in total. The second-order valence-corrected chi connectivity index (χ2v) is 6.08. The summed E-state index contributed by atoms with van der Waals surface area (Å²) in [5.41, 5.74) is 2.80. The fourth-order valence-electron chi connectivity index (χ4n) is 2.66. The highest BCUT2D eigenvalue weighted by Gasteiger charge is 2.43. The van der Waals surface area contributed by atoms with Crippen molar-refractivity contribution in [3.63, 3.8) is 0 Å². The Morgan fingerprint density at radius 2 is 1.74 bits per heavy atom. The maximum atomic E-state index is 5.20. The lowest BCUT2D eigenvalue weighted by molar-refractivity contribution is 0.414. The van der Waals surface area contributed by atoms with Crippen LogP contribution >= 0.6 is 15.9 Å². The number of alkyl halides is 1. The molecule has 2 heteroatoms. The maximum Gasteiger partial charge on any atom is 0.118 e.